The fourth-order valence-corrected chi connectivity index (χ4v) is 3.14. The molecule has 0 aliphatic heterocycles. The second-order valence-electron chi connectivity index (χ2n) is 6.82. The van der Waals surface area contributed by atoms with Gasteiger partial charge in [-0.25, -0.2) is 4.39 Å². The van der Waals surface area contributed by atoms with Gasteiger partial charge in [0.1, 0.15) is 5.82 Å². The lowest BCUT2D eigenvalue weighted by Gasteiger charge is -2.08. The second kappa shape index (κ2) is 9.01. The largest absolute Gasteiger partial charge is 0.305 e. The first-order chi connectivity index (χ1) is 14.7. The lowest BCUT2D eigenvalue weighted by Crippen LogP contribution is -2.14. The third-order valence-electron chi connectivity index (χ3n) is 4.56. The van der Waals surface area contributed by atoms with Gasteiger partial charge in [-0.1, -0.05) is 72.8 Å². The Balaban J connectivity index is 1.55. The molecule has 0 spiro atoms. The smallest absolute Gasteiger partial charge is 0.257 e. The summed E-state index contributed by atoms with van der Waals surface area (Å²) in [7, 11) is 0. The van der Waals surface area contributed by atoms with Crippen molar-refractivity contribution < 1.29 is 9.18 Å². The molecule has 0 aliphatic rings. The fourth-order valence-electron chi connectivity index (χ4n) is 3.14. The molecule has 0 unspecified atom stereocenters. The van der Waals surface area contributed by atoms with Gasteiger partial charge in [-0.15, -0.1) is 0 Å². The van der Waals surface area contributed by atoms with Gasteiger partial charge in [0.05, 0.1) is 6.54 Å². The number of carbonyl (C=O) groups excluding carboxylic acids is 1. The van der Waals surface area contributed by atoms with E-state index in [4.69, 9.17) is 0 Å². The molecule has 0 fully saturated rings. The summed E-state index contributed by atoms with van der Waals surface area (Å²) in [4.78, 5) is 13.1. The van der Waals surface area contributed by atoms with E-state index in [-0.39, 0.29) is 11.7 Å². The summed E-state index contributed by atoms with van der Waals surface area (Å²) in [6, 6.07) is 27.3. The number of anilines is 1. The zero-order valence-corrected chi connectivity index (χ0v) is 16.2. The van der Waals surface area contributed by atoms with Gasteiger partial charge >= 0.3 is 0 Å². The Bertz CT molecular complexity index is 1170. The molecule has 3 aromatic carbocycles. The number of amides is 1. The molecule has 30 heavy (non-hydrogen) atoms. The van der Waals surface area contributed by atoms with Crippen LogP contribution in [-0.4, -0.2) is 15.7 Å². The van der Waals surface area contributed by atoms with Crippen LogP contribution in [0, 0.1) is 5.82 Å². The molecular weight excluding hydrogens is 377 g/mol. The summed E-state index contributed by atoms with van der Waals surface area (Å²) >= 11 is 0. The van der Waals surface area contributed by atoms with Crippen LogP contribution in [0.5, 0.6) is 0 Å². The number of halogens is 1. The fraction of sp³-hybridized carbons (Fsp3) is 0.0400. The van der Waals surface area contributed by atoms with Crippen LogP contribution in [0.15, 0.2) is 97.2 Å². The molecular formula is C25H20FN3O. The monoisotopic (exact) mass is 397 g/mol. The Morgan fingerprint density at radius 2 is 1.67 bits per heavy atom. The summed E-state index contributed by atoms with van der Waals surface area (Å²) in [6.07, 6.45) is 3.61. The molecule has 0 saturated carbocycles. The number of hydrogen-bond acceptors (Lipinski definition) is 2. The standard InChI is InChI=1S/C25H20FN3O/c26-22-13-7-10-20(16-22)18-29-15-14-24(28-29)27-25(30)23(21-11-5-2-6-12-21)17-19-8-3-1-4-9-19/h1-17H,18H2,(H,27,28,30)/b23-17-. The van der Waals surface area contributed by atoms with Crippen molar-refractivity contribution in [1.29, 1.82) is 0 Å². The lowest BCUT2D eigenvalue weighted by atomic mass is 10.0. The van der Waals surface area contributed by atoms with E-state index >= 15 is 0 Å². The number of nitrogens with one attached hydrogen (secondary N) is 1. The van der Waals surface area contributed by atoms with Crippen LogP contribution in [0.4, 0.5) is 10.2 Å². The van der Waals surface area contributed by atoms with E-state index in [1.165, 1.54) is 12.1 Å². The molecule has 0 bridgehead atoms. The van der Waals surface area contributed by atoms with Crippen molar-refractivity contribution in [2.75, 3.05) is 5.32 Å². The molecule has 1 heterocycles. The van der Waals surface area contributed by atoms with Crippen LogP contribution in [0.1, 0.15) is 16.7 Å². The van der Waals surface area contributed by atoms with Gasteiger partial charge in [0, 0.05) is 17.8 Å². The average molecular weight is 397 g/mol. The first kappa shape index (κ1) is 19.3. The van der Waals surface area contributed by atoms with E-state index in [2.05, 4.69) is 10.4 Å². The molecule has 0 aliphatic carbocycles. The molecule has 5 heteroatoms. The van der Waals surface area contributed by atoms with E-state index in [9.17, 15) is 9.18 Å². The number of rotatable bonds is 6. The van der Waals surface area contributed by atoms with Gasteiger partial charge in [-0.3, -0.25) is 9.48 Å². The highest BCUT2D eigenvalue weighted by Gasteiger charge is 2.14. The number of benzene rings is 3. The maximum absolute atomic E-state index is 13.4. The quantitative estimate of drug-likeness (QED) is 0.357. The van der Waals surface area contributed by atoms with Crippen molar-refractivity contribution in [1.82, 2.24) is 9.78 Å². The number of aromatic nitrogens is 2. The van der Waals surface area contributed by atoms with E-state index in [1.807, 2.05) is 72.8 Å². The van der Waals surface area contributed by atoms with E-state index in [0.717, 1.165) is 16.7 Å². The Morgan fingerprint density at radius 1 is 0.933 bits per heavy atom. The minimum atomic E-state index is -0.285. The number of nitrogens with zero attached hydrogens (tertiary/aromatic N) is 2. The van der Waals surface area contributed by atoms with E-state index < -0.39 is 0 Å². The zero-order valence-electron chi connectivity index (χ0n) is 16.2. The lowest BCUT2D eigenvalue weighted by molar-refractivity contribution is -0.111. The van der Waals surface area contributed by atoms with Crippen LogP contribution in [-0.2, 0) is 11.3 Å². The first-order valence-corrected chi connectivity index (χ1v) is 9.59. The normalized spacial score (nSPS) is 11.3. The Kier molecular flexibility index (Phi) is 5.80. The van der Waals surface area contributed by atoms with Crippen LogP contribution >= 0.6 is 0 Å². The highest BCUT2D eigenvalue weighted by molar-refractivity contribution is 6.29. The van der Waals surface area contributed by atoms with Gasteiger partial charge in [0.25, 0.3) is 5.91 Å². The summed E-state index contributed by atoms with van der Waals surface area (Å²) in [5, 5.41) is 7.26. The Hall–Kier alpha value is -3.99. The molecule has 0 radical (unpaired) electrons. The minimum Gasteiger partial charge on any atom is -0.305 e. The van der Waals surface area contributed by atoms with Crippen LogP contribution in [0.2, 0.25) is 0 Å². The minimum absolute atomic E-state index is 0.249. The van der Waals surface area contributed by atoms with Gasteiger partial charge in [-0.05, 0) is 34.9 Å². The molecule has 4 nitrogen and oxygen atoms in total. The predicted octanol–water partition coefficient (Wildman–Crippen LogP) is 5.25. The van der Waals surface area contributed by atoms with Gasteiger partial charge in [0.15, 0.2) is 5.82 Å². The summed E-state index contributed by atoms with van der Waals surface area (Å²) in [5.41, 5.74) is 3.09. The number of carbonyl (C=O) groups is 1. The van der Waals surface area contributed by atoms with Gasteiger partial charge < -0.3 is 5.32 Å². The Labute approximate surface area is 174 Å². The zero-order chi connectivity index (χ0) is 20.8. The molecule has 0 saturated heterocycles. The van der Waals surface area contributed by atoms with Crippen molar-refractivity contribution in [3.63, 3.8) is 0 Å². The highest BCUT2D eigenvalue weighted by Crippen LogP contribution is 2.20. The SMILES string of the molecule is O=C(Nc1ccn(Cc2cccc(F)c2)n1)/C(=C\c1ccccc1)c1ccccc1. The third-order valence-corrected chi connectivity index (χ3v) is 4.56. The molecule has 1 aromatic heterocycles. The van der Waals surface area contributed by atoms with Crippen molar-refractivity contribution in [3.05, 3.63) is 120 Å². The van der Waals surface area contributed by atoms with Crippen molar-refractivity contribution >= 4 is 23.4 Å². The topological polar surface area (TPSA) is 46.9 Å². The van der Waals surface area contributed by atoms with Crippen molar-refractivity contribution in [3.8, 4) is 0 Å². The summed E-state index contributed by atoms with van der Waals surface area (Å²) < 4.78 is 15.0. The second-order valence-corrected chi connectivity index (χ2v) is 6.82. The number of hydrogen-bond donors (Lipinski definition) is 1. The maximum atomic E-state index is 13.4. The van der Waals surface area contributed by atoms with Crippen molar-refractivity contribution in [2.45, 2.75) is 6.54 Å². The third kappa shape index (κ3) is 4.89. The molecule has 148 valence electrons. The first-order valence-electron chi connectivity index (χ1n) is 9.59. The van der Waals surface area contributed by atoms with E-state index in [0.29, 0.717) is 17.9 Å². The van der Waals surface area contributed by atoms with Gasteiger partial charge in [0.2, 0.25) is 0 Å². The highest BCUT2D eigenvalue weighted by atomic mass is 19.1. The van der Waals surface area contributed by atoms with E-state index in [1.54, 1.807) is 23.0 Å². The summed E-state index contributed by atoms with van der Waals surface area (Å²) in [6.45, 7) is 0.416. The van der Waals surface area contributed by atoms with Crippen LogP contribution in [0.3, 0.4) is 0 Å². The summed E-state index contributed by atoms with van der Waals surface area (Å²) in [5.74, 6) is -0.0981. The predicted molar refractivity (Wildman–Crippen MR) is 117 cm³/mol. The molecule has 4 rings (SSSR count). The Morgan fingerprint density at radius 3 is 2.40 bits per heavy atom. The maximum Gasteiger partial charge on any atom is 0.257 e. The molecule has 1 amide bonds. The van der Waals surface area contributed by atoms with Crippen molar-refractivity contribution in [2.24, 2.45) is 0 Å². The van der Waals surface area contributed by atoms with Crippen LogP contribution in [0.25, 0.3) is 11.6 Å². The molecule has 0 atom stereocenters. The average Bonchev–Trinajstić information content (AvgIpc) is 3.20. The molecule has 4 aromatic rings. The molecule has 1 N–H and O–H groups in total. The van der Waals surface area contributed by atoms with Gasteiger partial charge in [-0.2, -0.15) is 5.10 Å². The van der Waals surface area contributed by atoms with Crippen LogP contribution < -0.4 is 5.32 Å².